The van der Waals surface area contributed by atoms with Crippen LogP contribution >= 0.6 is 0 Å². The van der Waals surface area contributed by atoms with Gasteiger partial charge in [-0.2, -0.15) is 0 Å². The Bertz CT molecular complexity index is 959. The molecular formula is C23H23N3O3. The summed E-state index contributed by atoms with van der Waals surface area (Å²) in [5.74, 6) is 0.444. The van der Waals surface area contributed by atoms with E-state index in [0.29, 0.717) is 19.5 Å². The third-order valence-corrected chi connectivity index (χ3v) is 5.24. The van der Waals surface area contributed by atoms with Crippen molar-refractivity contribution in [3.8, 4) is 0 Å². The second kappa shape index (κ2) is 8.31. The van der Waals surface area contributed by atoms with Crippen molar-refractivity contribution in [2.75, 3.05) is 13.1 Å². The molecule has 0 radical (unpaired) electrons. The van der Waals surface area contributed by atoms with Gasteiger partial charge in [-0.3, -0.25) is 9.59 Å². The molecule has 1 N–H and O–H groups in total. The van der Waals surface area contributed by atoms with E-state index in [1.54, 1.807) is 4.90 Å². The number of rotatable bonds is 5. The Morgan fingerprint density at radius 3 is 2.28 bits per heavy atom. The Morgan fingerprint density at radius 1 is 1.07 bits per heavy atom. The highest BCUT2D eigenvalue weighted by Crippen LogP contribution is 2.36. The van der Waals surface area contributed by atoms with E-state index in [-0.39, 0.29) is 24.3 Å². The normalized spacial score (nSPS) is 13.2. The van der Waals surface area contributed by atoms with Crippen molar-refractivity contribution in [3.63, 3.8) is 0 Å². The van der Waals surface area contributed by atoms with Gasteiger partial charge in [-0.1, -0.05) is 65.8 Å². The van der Waals surface area contributed by atoms with Crippen molar-refractivity contribution in [1.29, 1.82) is 0 Å². The zero-order chi connectivity index (χ0) is 20.2. The van der Waals surface area contributed by atoms with Crippen LogP contribution in [0.5, 0.6) is 0 Å². The number of carbonyl (C=O) groups excluding carboxylic acids is 2. The molecule has 0 spiro atoms. The van der Waals surface area contributed by atoms with Gasteiger partial charge in [-0.15, -0.1) is 0 Å². The van der Waals surface area contributed by atoms with E-state index in [0.717, 1.165) is 28.1 Å². The third-order valence-electron chi connectivity index (χ3n) is 5.24. The smallest absolute Gasteiger partial charge is 0.242 e. The summed E-state index contributed by atoms with van der Waals surface area (Å²) in [5.41, 5.74) is 4.05. The minimum atomic E-state index is -0.213. The lowest BCUT2D eigenvalue weighted by molar-refractivity contribution is -0.133. The van der Waals surface area contributed by atoms with Crippen LogP contribution in [0.25, 0.3) is 0 Å². The topological polar surface area (TPSA) is 75.4 Å². The molecule has 6 heteroatoms. The second-order valence-corrected chi connectivity index (χ2v) is 7.20. The van der Waals surface area contributed by atoms with Gasteiger partial charge in [0.15, 0.2) is 0 Å². The van der Waals surface area contributed by atoms with Crippen LogP contribution < -0.4 is 5.32 Å². The number of nitrogens with one attached hydrogen (secondary N) is 1. The quantitative estimate of drug-likeness (QED) is 0.728. The van der Waals surface area contributed by atoms with E-state index < -0.39 is 0 Å². The standard InChI is InChI=1S/C23H23N3O3/c1-16(27)24-14-21(28)26-13-12-20-19(15-26)23(25-29-20)22(17-8-4-2-5-9-17)18-10-6-3-7-11-18/h2-11,22H,12-15H2,1H3,(H,24,27). The average Bonchev–Trinajstić information content (AvgIpc) is 3.17. The Labute approximate surface area is 169 Å². The molecule has 1 aromatic heterocycles. The summed E-state index contributed by atoms with van der Waals surface area (Å²) in [6.07, 6.45) is 0.616. The van der Waals surface area contributed by atoms with Crippen LogP contribution in [0.1, 0.15) is 41.0 Å². The lowest BCUT2D eigenvalue weighted by Gasteiger charge is -2.27. The molecule has 0 saturated heterocycles. The molecule has 2 amide bonds. The van der Waals surface area contributed by atoms with Crippen LogP contribution in [-0.4, -0.2) is 35.0 Å². The van der Waals surface area contributed by atoms with E-state index in [1.807, 2.05) is 36.4 Å². The molecule has 0 atom stereocenters. The molecule has 1 aliphatic rings. The molecule has 3 aromatic rings. The molecule has 2 heterocycles. The first kappa shape index (κ1) is 18.9. The first-order valence-corrected chi connectivity index (χ1v) is 9.73. The van der Waals surface area contributed by atoms with Crippen LogP contribution in [-0.2, 0) is 22.6 Å². The maximum absolute atomic E-state index is 12.5. The van der Waals surface area contributed by atoms with Crippen molar-refractivity contribution >= 4 is 11.8 Å². The fraction of sp³-hybridized carbons (Fsp3) is 0.261. The summed E-state index contributed by atoms with van der Waals surface area (Å²) < 4.78 is 5.68. The zero-order valence-corrected chi connectivity index (χ0v) is 16.3. The fourth-order valence-electron chi connectivity index (χ4n) is 3.78. The van der Waals surface area contributed by atoms with E-state index in [4.69, 9.17) is 4.52 Å². The van der Waals surface area contributed by atoms with Crippen molar-refractivity contribution in [2.24, 2.45) is 0 Å². The Kier molecular flexibility index (Phi) is 5.42. The number of hydrogen-bond donors (Lipinski definition) is 1. The SMILES string of the molecule is CC(=O)NCC(=O)N1CCc2onc(C(c3ccccc3)c3ccccc3)c2C1. The minimum Gasteiger partial charge on any atom is -0.361 e. The highest BCUT2D eigenvalue weighted by molar-refractivity contribution is 5.83. The van der Waals surface area contributed by atoms with Gasteiger partial charge in [0.2, 0.25) is 11.8 Å². The predicted molar refractivity (Wildman–Crippen MR) is 108 cm³/mol. The second-order valence-electron chi connectivity index (χ2n) is 7.20. The number of carbonyl (C=O) groups is 2. The number of fused-ring (bicyclic) bond motifs is 1. The molecule has 6 nitrogen and oxygen atoms in total. The number of nitrogens with zero attached hydrogens (tertiary/aromatic N) is 2. The molecular weight excluding hydrogens is 366 g/mol. The molecule has 0 unspecified atom stereocenters. The summed E-state index contributed by atoms with van der Waals surface area (Å²) in [5, 5.41) is 7.02. The van der Waals surface area contributed by atoms with Crippen molar-refractivity contribution in [3.05, 3.63) is 88.8 Å². The summed E-state index contributed by atoms with van der Waals surface area (Å²) >= 11 is 0. The molecule has 148 valence electrons. The Balaban J connectivity index is 1.68. The first-order chi connectivity index (χ1) is 14.1. The minimum absolute atomic E-state index is 0.00603. The summed E-state index contributed by atoms with van der Waals surface area (Å²) in [4.78, 5) is 25.4. The van der Waals surface area contributed by atoms with Crippen LogP contribution in [0, 0.1) is 0 Å². The molecule has 0 saturated carbocycles. The van der Waals surface area contributed by atoms with Gasteiger partial charge in [-0.05, 0) is 11.1 Å². The van der Waals surface area contributed by atoms with Gasteiger partial charge in [0.1, 0.15) is 11.5 Å². The van der Waals surface area contributed by atoms with Gasteiger partial charge in [0, 0.05) is 25.5 Å². The number of hydrogen-bond acceptors (Lipinski definition) is 4. The van der Waals surface area contributed by atoms with Crippen molar-refractivity contribution < 1.29 is 14.1 Å². The first-order valence-electron chi connectivity index (χ1n) is 9.73. The Hall–Kier alpha value is -3.41. The number of aromatic nitrogens is 1. The maximum atomic E-state index is 12.5. The van der Waals surface area contributed by atoms with E-state index in [9.17, 15) is 9.59 Å². The summed E-state index contributed by atoms with van der Waals surface area (Å²) in [6.45, 7) is 2.40. The van der Waals surface area contributed by atoms with Crippen LogP contribution in [0.15, 0.2) is 65.2 Å². The highest BCUT2D eigenvalue weighted by atomic mass is 16.5. The van der Waals surface area contributed by atoms with Crippen molar-refractivity contribution in [2.45, 2.75) is 25.8 Å². The van der Waals surface area contributed by atoms with Crippen LogP contribution in [0.4, 0.5) is 0 Å². The van der Waals surface area contributed by atoms with E-state index in [1.165, 1.54) is 6.92 Å². The zero-order valence-electron chi connectivity index (χ0n) is 16.3. The molecule has 29 heavy (non-hydrogen) atoms. The third kappa shape index (κ3) is 4.06. The molecule has 4 rings (SSSR count). The largest absolute Gasteiger partial charge is 0.361 e. The fourth-order valence-corrected chi connectivity index (χ4v) is 3.78. The van der Waals surface area contributed by atoms with Gasteiger partial charge < -0.3 is 14.7 Å². The molecule has 0 fully saturated rings. The molecule has 2 aromatic carbocycles. The maximum Gasteiger partial charge on any atom is 0.242 e. The number of benzene rings is 2. The number of amides is 2. The van der Waals surface area contributed by atoms with E-state index in [2.05, 4.69) is 34.7 Å². The molecule has 1 aliphatic heterocycles. The van der Waals surface area contributed by atoms with Crippen LogP contribution in [0.2, 0.25) is 0 Å². The summed E-state index contributed by atoms with van der Waals surface area (Å²) in [6, 6.07) is 20.4. The predicted octanol–water partition coefficient (Wildman–Crippen LogP) is 2.88. The Morgan fingerprint density at radius 2 is 1.69 bits per heavy atom. The summed E-state index contributed by atoms with van der Waals surface area (Å²) in [7, 11) is 0. The van der Waals surface area contributed by atoms with Gasteiger partial charge in [-0.25, -0.2) is 0 Å². The lowest BCUT2D eigenvalue weighted by atomic mass is 9.85. The highest BCUT2D eigenvalue weighted by Gasteiger charge is 2.31. The average molecular weight is 389 g/mol. The molecule has 0 aliphatic carbocycles. The molecule has 0 bridgehead atoms. The van der Waals surface area contributed by atoms with Gasteiger partial charge >= 0.3 is 0 Å². The lowest BCUT2D eigenvalue weighted by Crippen LogP contribution is -2.42. The van der Waals surface area contributed by atoms with Gasteiger partial charge in [0.05, 0.1) is 19.0 Å². The van der Waals surface area contributed by atoms with Crippen molar-refractivity contribution in [1.82, 2.24) is 15.4 Å². The van der Waals surface area contributed by atoms with Crippen LogP contribution in [0.3, 0.4) is 0 Å². The van der Waals surface area contributed by atoms with Gasteiger partial charge in [0.25, 0.3) is 0 Å². The van der Waals surface area contributed by atoms with E-state index >= 15 is 0 Å². The monoisotopic (exact) mass is 389 g/mol.